The summed E-state index contributed by atoms with van der Waals surface area (Å²) in [6.07, 6.45) is 0. The van der Waals surface area contributed by atoms with Gasteiger partial charge in [0.05, 0.1) is 28.3 Å². The maximum Gasteiger partial charge on any atom is 0.341 e. The molecule has 6 nitrogen and oxygen atoms in total. The maximum absolute atomic E-state index is 12.8. The Bertz CT molecular complexity index is 945. The van der Waals surface area contributed by atoms with E-state index in [2.05, 4.69) is 26.6 Å². The van der Waals surface area contributed by atoms with Crippen molar-refractivity contribution in [3.63, 3.8) is 0 Å². The molecule has 0 aliphatic heterocycles. The molecule has 2 N–H and O–H groups in total. The third-order valence-corrected chi connectivity index (χ3v) is 6.39. The Morgan fingerprint density at radius 1 is 1.28 bits per heavy atom. The molecule has 2 aromatic rings. The van der Waals surface area contributed by atoms with E-state index in [-0.39, 0.29) is 11.0 Å². The van der Waals surface area contributed by atoms with E-state index in [1.165, 1.54) is 18.4 Å². The average Bonchev–Trinajstić information content (AvgIpc) is 3.00. The van der Waals surface area contributed by atoms with E-state index in [4.69, 9.17) is 28.6 Å². The second-order valence-corrected chi connectivity index (χ2v) is 8.68. The summed E-state index contributed by atoms with van der Waals surface area (Å²) in [5.41, 5.74) is 1.46. The van der Waals surface area contributed by atoms with Crippen LogP contribution in [-0.4, -0.2) is 42.1 Å². The van der Waals surface area contributed by atoms with Gasteiger partial charge in [-0.15, -0.1) is 11.3 Å². The van der Waals surface area contributed by atoms with Crippen molar-refractivity contribution in [2.24, 2.45) is 0 Å². The quantitative estimate of drug-likeness (QED) is 0.386. The summed E-state index contributed by atoms with van der Waals surface area (Å²) in [5, 5.41) is 7.17. The number of nitrogens with one attached hydrogen (secondary N) is 2. The van der Waals surface area contributed by atoms with E-state index in [1.54, 1.807) is 24.0 Å². The van der Waals surface area contributed by atoms with Gasteiger partial charge in [-0.3, -0.25) is 4.79 Å². The molecule has 1 heterocycles. The summed E-state index contributed by atoms with van der Waals surface area (Å²) in [6, 6.07) is 5.34. The van der Waals surface area contributed by atoms with Crippen LogP contribution in [0.5, 0.6) is 0 Å². The normalized spacial score (nSPS) is 10.4. The molecular formula is C19H21BrClN3O3S2. The van der Waals surface area contributed by atoms with Crippen molar-refractivity contribution in [1.82, 2.24) is 4.90 Å². The van der Waals surface area contributed by atoms with Crippen LogP contribution in [0, 0.1) is 6.92 Å². The van der Waals surface area contributed by atoms with Gasteiger partial charge in [-0.25, -0.2) is 4.79 Å². The van der Waals surface area contributed by atoms with E-state index in [1.807, 2.05) is 19.9 Å². The first-order valence-electron chi connectivity index (χ1n) is 8.77. The minimum absolute atomic E-state index is 0.134. The maximum atomic E-state index is 12.8. The summed E-state index contributed by atoms with van der Waals surface area (Å²) in [7, 11) is 1.30. The molecule has 2 rings (SSSR count). The third-order valence-electron chi connectivity index (χ3n) is 4.19. The summed E-state index contributed by atoms with van der Waals surface area (Å²) in [6.45, 7) is 6.69. The predicted molar refractivity (Wildman–Crippen MR) is 127 cm³/mol. The highest BCUT2D eigenvalue weighted by Gasteiger charge is 2.27. The van der Waals surface area contributed by atoms with E-state index in [0.29, 0.717) is 44.8 Å². The van der Waals surface area contributed by atoms with Crippen LogP contribution >= 0.6 is 51.1 Å². The van der Waals surface area contributed by atoms with Gasteiger partial charge < -0.3 is 20.3 Å². The Morgan fingerprint density at radius 2 is 1.93 bits per heavy atom. The molecule has 0 aliphatic rings. The molecule has 10 heteroatoms. The molecule has 156 valence electrons. The lowest BCUT2D eigenvalue weighted by atomic mass is 10.1. The van der Waals surface area contributed by atoms with Crippen molar-refractivity contribution in [2.75, 3.05) is 30.8 Å². The largest absolute Gasteiger partial charge is 0.465 e. The minimum Gasteiger partial charge on any atom is -0.465 e. The first-order valence-corrected chi connectivity index (χ1v) is 11.2. The number of thiophene rings is 1. The summed E-state index contributed by atoms with van der Waals surface area (Å²) in [4.78, 5) is 27.4. The second kappa shape index (κ2) is 10.4. The molecule has 0 fully saturated rings. The molecule has 1 aromatic carbocycles. The van der Waals surface area contributed by atoms with Crippen LogP contribution in [0.25, 0.3) is 0 Å². The van der Waals surface area contributed by atoms with Crippen LogP contribution in [0.4, 0.5) is 10.7 Å². The number of carbonyl (C=O) groups excluding carboxylic acids is 2. The smallest absolute Gasteiger partial charge is 0.341 e. The Balaban J connectivity index is 2.35. The molecule has 0 saturated heterocycles. The molecule has 0 saturated carbocycles. The molecule has 0 spiro atoms. The zero-order chi connectivity index (χ0) is 21.7. The molecule has 1 amide bonds. The number of thiocarbonyl (C=S) groups is 1. The first kappa shape index (κ1) is 23.6. The highest BCUT2D eigenvalue weighted by atomic mass is 79.9. The van der Waals surface area contributed by atoms with Gasteiger partial charge in [0.2, 0.25) is 0 Å². The predicted octanol–water partition coefficient (Wildman–Crippen LogP) is 5.55. The lowest BCUT2D eigenvalue weighted by molar-refractivity contribution is 0.0601. The van der Waals surface area contributed by atoms with Crippen molar-refractivity contribution in [1.29, 1.82) is 0 Å². The van der Waals surface area contributed by atoms with Crippen LogP contribution in [0.3, 0.4) is 0 Å². The molecule has 1 aromatic heterocycles. The Kier molecular flexibility index (Phi) is 8.45. The van der Waals surface area contributed by atoms with Crippen LogP contribution in [0.1, 0.15) is 39.4 Å². The lowest BCUT2D eigenvalue weighted by Crippen LogP contribution is -2.30. The van der Waals surface area contributed by atoms with Crippen LogP contribution in [0.2, 0.25) is 5.02 Å². The standard InChI is InChI=1S/C19H21BrClN3O3S2/c1-5-24(6-2)17(25)15-10(3)14(18(26)27-4)16(29-15)23-19(28)22-13-8-7-11(20)9-12(13)21/h7-9H,5-6H2,1-4H3,(H2,22,23,28). The van der Waals surface area contributed by atoms with Crippen molar-refractivity contribution in [3.05, 3.63) is 43.7 Å². The fourth-order valence-electron chi connectivity index (χ4n) is 2.66. The van der Waals surface area contributed by atoms with Crippen molar-refractivity contribution < 1.29 is 14.3 Å². The van der Waals surface area contributed by atoms with Gasteiger partial charge in [-0.2, -0.15) is 0 Å². The van der Waals surface area contributed by atoms with Gasteiger partial charge in [-0.05, 0) is 56.8 Å². The number of rotatable bonds is 6. The van der Waals surface area contributed by atoms with Gasteiger partial charge in [0.25, 0.3) is 5.91 Å². The Hall–Kier alpha value is -1.68. The zero-order valence-electron chi connectivity index (χ0n) is 16.4. The number of halogens is 2. The Labute approximate surface area is 192 Å². The number of hydrogen-bond donors (Lipinski definition) is 2. The van der Waals surface area contributed by atoms with E-state index < -0.39 is 5.97 Å². The molecule has 0 radical (unpaired) electrons. The Morgan fingerprint density at radius 3 is 2.48 bits per heavy atom. The molecule has 29 heavy (non-hydrogen) atoms. The van der Waals surface area contributed by atoms with Gasteiger partial charge in [-0.1, -0.05) is 27.5 Å². The summed E-state index contributed by atoms with van der Waals surface area (Å²) < 4.78 is 5.75. The molecule has 0 aliphatic carbocycles. The van der Waals surface area contributed by atoms with Gasteiger partial charge >= 0.3 is 5.97 Å². The molecule has 0 bridgehead atoms. The van der Waals surface area contributed by atoms with Gasteiger partial charge in [0.1, 0.15) is 5.00 Å². The number of carbonyl (C=O) groups is 2. The molecule has 0 unspecified atom stereocenters. The lowest BCUT2D eigenvalue weighted by Gasteiger charge is -2.18. The fourth-order valence-corrected chi connectivity index (χ4v) is 4.82. The van der Waals surface area contributed by atoms with Crippen molar-refractivity contribution in [3.8, 4) is 0 Å². The number of esters is 1. The fraction of sp³-hybridized carbons (Fsp3) is 0.316. The topological polar surface area (TPSA) is 70.7 Å². The van der Waals surface area contributed by atoms with Crippen LogP contribution < -0.4 is 10.6 Å². The van der Waals surface area contributed by atoms with E-state index in [9.17, 15) is 9.59 Å². The van der Waals surface area contributed by atoms with Crippen molar-refractivity contribution in [2.45, 2.75) is 20.8 Å². The average molecular weight is 519 g/mol. The number of anilines is 2. The number of methoxy groups -OCH3 is 1. The summed E-state index contributed by atoms with van der Waals surface area (Å²) in [5.74, 6) is -0.671. The number of amides is 1. The van der Waals surface area contributed by atoms with E-state index >= 15 is 0 Å². The highest BCUT2D eigenvalue weighted by Crippen LogP contribution is 2.35. The number of hydrogen-bond acceptors (Lipinski definition) is 5. The van der Waals surface area contributed by atoms with Gasteiger partial charge in [0, 0.05) is 17.6 Å². The molecule has 0 atom stereocenters. The van der Waals surface area contributed by atoms with Crippen LogP contribution in [-0.2, 0) is 4.74 Å². The number of nitrogens with zero attached hydrogens (tertiary/aromatic N) is 1. The van der Waals surface area contributed by atoms with Crippen LogP contribution in [0.15, 0.2) is 22.7 Å². The third kappa shape index (κ3) is 5.48. The van der Waals surface area contributed by atoms with Crippen molar-refractivity contribution >= 4 is 78.8 Å². The SMILES string of the molecule is CCN(CC)C(=O)c1sc(NC(=S)Nc2ccc(Br)cc2Cl)c(C(=O)OC)c1C. The monoisotopic (exact) mass is 517 g/mol. The highest BCUT2D eigenvalue weighted by molar-refractivity contribution is 9.10. The number of ether oxygens (including phenoxy) is 1. The zero-order valence-corrected chi connectivity index (χ0v) is 20.4. The number of benzene rings is 1. The molecular weight excluding hydrogens is 498 g/mol. The first-order chi connectivity index (χ1) is 13.7. The van der Waals surface area contributed by atoms with Gasteiger partial charge in [0.15, 0.2) is 5.11 Å². The van der Waals surface area contributed by atoms with E-state index in [0.717, 1.165) is 4.47 Å². The minimum atomic E-state index is -0.538. The second-order valence-electron chi connectivity index (χ2n) is 5.93. The summed E-state index contributed by atoms with van der Waals surface area (Å²) >= 11 is 16.1.